The molecule has 5 nitrogen and oxygen atoms in total. The molecule has 0 saturated carbocycles. The summed E-state index contributed by atoms with van der Waals surface area (Å²) in [5, 5.41) is 35.3. The van der Waals surface area contributed by atoms with Crippen LogP contribution in [-0.2, 0) is 0 Å². The topological polar surface area (TPSA) is 84.2 Å². The summed E-state index contributed by atoms with van der Waals surface area (Å²) in [5.74, 6) is -1.11. The highest BCUT2D eigenvalue weighted by atomic mass is 16.5. The van der Waals surface area contributed by atoms with Gasteiger partial charge in [0.1, 0.15) is 0 Å². The number of allylic oxidation sites excluding steroid dienone is 1. The van der Waals surface area contributed by atoms with Gasteiger partial charge in [-0.2, -0.15) is 0 Å². The molecule has 0 aromatic carbocycles. The van der Waals surface area contributed by atoms with E-state index in [4.69, 9.17) is 20.5 Å². The Morgan fingerprint density at radius 1 is 1.40 bits per heavy atom. The summed E-state index contributed by atoms with van der Waals surface area (Å²) < 4.78 is 0. The fourth-order valence-corrected chi connectivity index (χ4v) is 0.571. The van der Waals surface area contributed by atoms with E-state index in [2.05, 4.69) is 0 Å². The highest BCUT2D eigenvalue weighted by Crippen LogP contribution is 2.13. The Kier molecular flexibility index (Phi) is 1.52. The average Bonchev–Trinajstić information content (AvgIpc) is 1.93. The highest BCUT2D eigenvalue weighted by Gasteiger charge is 2.21. The summed E-state index contributed by atoms with van der Waals surface area (Å²) in [6.07, 6.45) is 0.520. The molecule has 10 heavy (non-hydrogen) atoms. The van der Waals surface area contributed by atoms with Crippen LogP contribution in [0.5, 0.6) is 0 Å². The smallest absolute Gasteiger partial charge is 0.212 e. The lowest BCUT2D eigenvalue weighted by Crippen LogP contribution is -2.32. The van der Waals surface area contributed by atoms with Gasteiger partial charge in [0.2, 0.25) is 6.23 Å². The van der Waals surface area contributed by atoms with Gasteiger partial charge in [-0.05, 0) is 0 Å². The number of rotatable bonds is 0. The number of aliphatic hydroxyl groups is 3. The molecule has 1 atom stereocenters. The van der Waals surface area contributed by atoms with Crippen molar-refractivity contribution in [1.29, 1.82) is 0 Å². The molecule has 0 aliphatic carbocycles. The molecule has 1 unspecified atom stereocenters. The van der Waals surface area contributed by atoms with Gasteiger partial charge in [-0.1, -0.05) is 0 Å². The van der Waals surface area contributed by atoms with Crippen molar-refractivity contribution in [3.8, 4) is 0 Å². The number of aliphatic hydroxyl groups excluding tert-OH is 3. The first-order chi connectivity index (χ1) is 4.63. The van der Waals surface area contributed by atoms with Crippen LogP contribution in [0, 0.1) is 0 Å². The number of hydrogen-bond acceptors (Lipinski definition) is 5. The number of nitrogens with zero attached hydrogens (tertiary/aromatic N) is 1. The molecule has 0 bridgehead atoms. The van der Waals surface area contributed by atoms with Crippen LogP contribution in [0.25, 0.3) is 0 Å². The summed E-state index contributed by atoms with van der Waals surface area (Å²) in [6.45, 7) is 0. The first-order valence-electron chi connectivity index (χ1n) is 2.58. The molecule has 0 saturated heterocycles. The van der Waals surface area contributed by atoms with E-state index in [1.54, 1.807) is 0 Å². The molecule has 0 radical (unpaired) electrons. The van der Waals surface area contributed by atoms with Crippen LogP contribution >= 0.6 is 0 Å². The zero-order valence-electron chi connectivity index (χ0n) is 4.97. The van der Waals surface area contributed by atoms with Gasteiger partial charge in [0, 0.05) is 12.3 Å². The summed E-state index contributed by atoms with van der Waals surface area (Å²) in [4.78, 5) is 0. The van der Waals surface area contributed by atoms with Crippen molar-refractivity contribution in [3.05, 3.63) is 23.8 Å². The van der Waals surface area contributed by atoms with Crippen molar-refractivity contribution in [2.75, 3.05) is 0 Å². The molecule has 1 rings (SSSR count). The second-order valence-electron chi connectivity index (χ2n) is 1.84. The number of hydrogen-bond donors (Lipinski definition) is 4. The summed E-state index contributed by atoms with van der Waals surface area (Å²) in [6, 6.07) is 0. The lowest BCUT2D eigenvalue weighted by molar-refractivity contribution is -0.157. The van der Waals surface area contributed by atoms with Gasteiger partial charge in [0.25, 0.3) is 0 Å². The Balaban J connectivity index is 2.88. The lowest BCUT2D eigenvalue weighted by Gasteiger charge is -2.21. The van der Waals surface area contributed by atoms with Gasteiger partial charge in [0.15, 0.2) is 11.5 Å². The van der Waals surface area contributed by atoms with Gasteiger partial charge in [0.05, 0.1) is 0 Å². The average molecular weight is 145 g/mol. The largest absolute Gasteiger partial charge is 0.505 e. The zero-order chi connectivity index (χ0) is 7.72. The van der Waals surface area contributed by atoms with Crippen LogP contribution in [0.15, 0.2) is 23.8 Å². The maximum atomic E-state index is 8.77. The van der Waals surface area contributed by atoms with Gasteiger partial charge in [-0.3, -0.25) is 5.21 Å². The molecular formula is C5H7NO4. The van der Waals surface area contributed by atoms with E-state index in [-0.39, 0.29) is 0 Å². The van der Waals surface area contributed by atoms with Crippen molar-refractivity contribution in [3.63, 3.8) is 0 Å². The predicted octanol–water partition coefficient (Wildman–Crippen LogP) is -0.149. The first kappa shape index (κ1) is 6.91. The molecule has 0 aromatic heterocycles. The first-order valence-corrected chi connectivity index (χ1v) is 2.58. The third kappa shape index (κ3) is 0.916. The molecule has 0 spiro atoms. The van der Waals surface area contributed by atoms with E-state index in [0.29, 0.717) is 5.06 Å². The molecule has 4 N–H and O–H groups in total. The molecule has 1 aliphatic heterocycles. The third-order valence-corrected chi connectivity index (χ3v) is 1.14. The van der Waals surface area contributed by atoms with Crippen LogP contribution in [0.1, 0.15) is 0 Å². The van der Waals surface area contributed by atoms with Crippen molar-refractivity contribution in [2.45, 2.75) is 6.23 Å². The molecule has 5 heteroatoms. The monoisotopic (exact) mass is 145 g/mol. The number of hydroxylamine groups is 2. The summed E-state index contributed by atoms with van der Waals surface area (Å²) in [7, 11) is 0. The minimum Gasteiger partial charge on any atom is -0.505 e. The molecule has 0 fully saturated rings. The van der Waals surface area contributed by atoms with Crippen LogP contribution in [0.3, 0.4) is 0 Å². The Morgan fingerprint density at radius 3 is 2.50 bits per heavy atom. The Labute approximate surface area is 56.7 Å². The van der Waals surface area contributed by atoms with E-state index >= 15 is 0 Å². The molecule has 1 aliphatic rings. The van der Waals surface area contributed by atoms with E-state index in [0.717, 1.165) is 12.3 Å². The fraction of sp³-hybridized carbons (Fsp3) is 0.200. The van der Waals surface area contributed by atoms with E-state index in [1.165, 1.54) is 0 Å². The predicted molar refractivity (Wildman–Crippen MR) is 31.1 cm³/mol. The standard InChI is InChI=1S/C5H7NO4/c7-3-1-2-6(10)5(9)4(3)8/h1-2,5,7-10H. The zero-order valence-corrected chi connectivity index (χ0v) is 4.97. The van der Waals surface area contributed by atoms with Crippen LogP contribution in [0.2, 0.25) is 0 Å². The van der Waals surface area contributed by atoms with Crippen molar-refractivity contribution < 1.29 is 20.5 Å². The molecular weight excluding hydrogens is 138 g/mol. The molecule has 0 aromatic rings. The SMILES string of the molecule is OC1=C(O)C(O)N(O)C=C1. The van der Waals surface area contributed by atoms with Crippen LogP contribution in [-0.4, -0.2) is 31.8 Å². The van der Waals surface area contributed by atoms with Gasteiger partial charge in [-0.15, -0.1) is 0 Å². The minimum atomic E-state index is -1.56. The van der Waals surface area contributed by atoms with Gasteiger partial charge in [-0.25, -0.2) is 5.06 Å². The maximum Gasteiger partial charge on any atom is 0.212 e. The highest BCUT2D eigenvalue weighted by molar-refractivity contribution is 5.19. The minimum absolute atomic E-state index is 0.370. The van der Waals surface area contributed by atoms with Crippen molar-refractivity contribution in [2.24, 2.45) is 0 Å². The van der Waals surface area contributed by atoms with Gasteiger partial charge >= 0.3 is 0 Å². The van der Waals surface area contributed by atoms with E-state index < -0.39 is 17.7 Å². The summed E-state index contributed by atoms with van der Waals surface area (Å²) >= 11 is 0. The Morgan fingerprint density at radius 2 is 2.00 bits per heavy atom. The van der Waals surface area contributed by atoms with Crippen LogP contribution in [0.4, 0.5) is 0 Å². The lowest BCUT2D eigenvalue weighted by atomic mass is 10.3. The van der Waals surface area contributed by atoms with E-state index in [9.17, 15) is 0 Å². The maximum absolute atomic E-state index is 8.77. The normalized spacial score (nSPS) is 25.8. The molecule has 1 heterocycles. The van der Waals surface area contributed by atoms with Crippen LogP contribution < -0.4 is 0 Å². The Hall–Kier alpha value is -1.20. The third-order valence-electron chi connectivity index (χ3n) is 1.14. The molecule has 0 amide bonds. The quantitative estimate of drug-likeness (QED) is 0.381. The van der Waals surface area contributed by atoms with Crippen molar-refractivity contribution in [1.82, 2.24) is 5.06 Å². The fourth-order valence-electron chi connectivity index (χ4n) is 0.571. The van der Waals surface area contributed by atoms with Crippen molar-refractivity contribution >= 4 is 0 Å². The second kappa shape index (κ2) is 2.20. The Bertz CT molecular complexity index is 198. The van der Waals surface area contributed by atoms with Gasteiger partial charge < -0.3 is 15.3 Å². The molecule has 56 valence electrons. The second-order valence-corrected chi connectivity index (χ2v) is 1.84. The van der Waals surface area contributed by atoms with E-state index in [1.807, 2.05) is 0 Å². The summed E-state index contributed by atoms with van der Waals surface area (Å²) in [5.41, 5.74) is 0.